The van der Waals surface area contributed by atoms with Crippen molar-refractivity contribution in [3.63, 3.8) is 0 Å². The number of hydrogen-bond donors (Lipinski definition) is 2. The summed E-state index contributed by atoms with van der Waals surface area (Å²) in [5, 5.41) is 21.5. The molecule has 2 saturated carbocycles. The molecule has 0 amide bonds. The van der Waals surface area contributed by atoms with Crippen LogP contribution in [0.1, 0.15) is 32.1 Å². The lowest BCUT2D eigenvalue weighted by Crippen LogP contribution is -2.33. The van der Waals surface area contributed by atoms with Crippen molar-refractivity contribution in [3.05, 3.63) is 42.5 Å². The summed E-state index contributed by atoms with van der Waals surface area (Å²) in [5.74, 6) is 0.0805. The fraction of sp³-hybridized carbons (Fsp3) is 0.389. The van der Waals surface area contributed by atoms with Crippen LogP contribution in [0.25, 0.3) is 11.3 Å². The number of hydrogen-bond acceptors (Lipinski definition) is 4. The minimum absolute atomic E-state index is 0.124. The number of nitrogens with one attached hydrogen (secondary N) is 1. The molecule has 0 aliphatic heterocycles. The van der Waals surface area contributed by atoms with Gasteiger partial charge in [0.1, 0.15) is 5.82 Å². The fourth-order valence-corrected chi connectivity index (χ4v) is 4.10. The predicted octanol–water partition coefficient (Wildman–Crippen LogP) is 3.34. The molecule has 2 aromatic rings. The zero-order valence-corrected chi connectivity index (χ0v) is 12.8. The average Bonchev–Trinajstić information content (AvgIpc) is 3.14. The van der Waals surface area contributed by atoms with Crippen LogP contribution in [0.4, 0.5) is 5.82 Å². The molecule has 0 spiro atoms. The number of benzene rings is 1. The SMILES string of the molecule is O=C(O)C12CCC(Nc3ccc(-c4ccccc4)nn3)(CC1)C2. The summed E-state index contributed by atoms with van der Waals surface area (Å²) in [5.41, 5.74) is 1.23. The molecule has 2 N–H and O–H groups in total. The zero-order valence-electron chi connectivity index (χ0n) is 12.8. The summed E-state index contributed by atoms with van der Waals surface area (Å²) < 4.78 is 0. The Morgan fingerprint density at radius 3 is 2.30 bits per heavy atom. The van der Waals surface area contributed by atoms with Crippen molar-refractivity contribution in [1.82, 2.24) is 10.2 Å². The van der Waals surface area contributed by atoms with E-state index in [1.165, 1.54) is 0 Å². The van der Waals surface area contributed by atoms with Crippen molar-refractivity contribution >= 4 is 11.8 Å². The third-order valence-corrected chi connectivity index (χ3v) is 5.42. The largest absolute Gasteiger partial charge is 0.481 e. The highest BCUT2D eigenvalue weighted by Crippen LogP contribution is 2.57. The van der Waals surface area contributed by atoms with E-state index in [0.29, 0.717) is 6.42 Å². The molecule has 4 rings (SSSR count). The third kappa shape index (κ3) is 2.36. The van der Waals surface area contributed by atoms with Gasteiger partial charge in [0.15, 0.2) is 0 Å². The van der Waals surface area contributed by atoms with Crippen LogP contribution in [0.5, 0.6) is 0 Å². The maximum absolute atomic E-state index is 11.5. The first-order valence-corrected chi connectivity index (χ1v) is 8.02. The number of carboxylic acids is 1. The van der Waals surface area contributed by atoms with Gasteiger partial charge >= 0.3 is 5.97 Å². The molecular weight excluding hydrogens is 290 g/mol. The second-order valence-corrected chi connectivity index (χ2v) is 6.84. The first-order chi connectivity index (χ1) is 11.1. The number of anilines is 1. The molecule has 2 bridgehead atoms. The van der Waals surface area contributed by atoms with E-state index in [9.17, 15) is 9.90 Å². The standard InChI is InChI=1S/C18H19N3O2/c22-16(23)17-8-10-18(12-17,11-9-17)19-15-7-6-14(20-21-15)13-4-2-1-3-5-13/h1-7H,8-12H2,(H,19,21)(H,22,23). The van der Waals surface area contributed by atoms with Crippen LogP contribution in [0.2, 0.25) is 0 Å². The van der Waals surface area contributed by atoms with Gasteiger partial charge in [0.25, 0.3) is 0 Å². The maximum Gasteiger partial charge on any atom is 0.309 e. The van der Waals surface area contributed by atoms with Crippen LogP contribution in [-0.4, -0.2) is 26.8 Å². The lowest BCUT2D eigenvalue weighted by Gasteiger charge is -2.28. The molecule has 2 aliphatic carbocycles. The van der Waals surface area contributed by atoms with E-state index in [-0.39, 0.29) is 5.54 Å². The Kier molecular flexibility index (Phi) is 3.11. The Balaban J connectivity index is 1.51. The lowest BCUT2D eigenvalue weighted by atomic mass is 9.84. The topological polar surface area (TPSA) is 75.1 Å². The number of fused-ring (bicyclic) bond motifs is 2. The van der Waals surface area contributed by atoms with E-state index in [1.54, 1.807) is 0 Å². The molecule has 23 heavy (non-hydrogen) atoms. The number of aromatic nitrogens is 2. The summed E-state index contributed by atoms with van der Waals surface area (Å²) >= 11 is 0. The lowest BCUT2D eigenvalue weighted by molar-refractivity contribution is -0.148. The van der Waals surface area contributed by atoms with E-state index in [1.807, 2.05) is 42.5 Å². The monoisotopic (exact) mass is 309 g/mol. The Morgan fingerprint density at radius 2 is 1.74 bits per heavy atom. The first kappa shape index (κ1) is 14.2. The first-order valence-electron chi connectivity index (χ1n) is 8.02. The van der Waals surface area contributed by atoms with Gasteiger partial charge in [-0.05, 0) is 44.2 Å². The van der Waals surface area contributed by atoms with Gasteiger partial charge in [0, 0.05) is 11.1 Å². The van der Waals surface area contributed by atoms with Crippen LogP contribution in [0, 0.1) is 5.41 Å². The number of rotatable bonds is 4. The molecule has 118 valence electrons. The highest BCUT2D eigenvalue weighted by molar-refractivity contribution is 5.76. The van der Waals surface area contributed by atoms with E-state index >= 15 is 0 Å². The average molecular weight is 309 g/mol. The van der Waals surface area contributed by atoms with Crippen LogP contribution in [-0.2, 0) is 4.79 Å². The molecule has 0 atom stereocenters. The number of nitrogens with zero attached hydrogens (tertiary/aromatic N) is 2. The van der Waals surface area contributed by atoms with Crippen molar-refractivity contribution in [3.8, 4) is 11.3 Å². The van der Waals surface area contributed by atoms with Crippen LogP contribution >= 0.6 is 0 Å². The summed E-state index contributed by atoms with van der Waals surface area (Å²) in [6, 6.07) is 13.8. The molecule has 0 radical (unpaired) electrons. The summed E-state index contributed by atoms with van der Waals surface area (Å²) in [6.45, 7) is 0. The Morgan fingerprint density at radius 1 is 1.00 bits per heavy atom. The van der Waals surface area contributed by atoms with Crippen molar-refractivity contribution in [2.24, 2.45) is 5.41 Å². The predicted molar refractivity (Wildman–Crippen MR) is 87.0 cm³/mol. The van der Waals surface area contributed by atoms with Gasteiger partial charge in [-0.1, -0.05) is 30.3 Å². The van der Waals surface area contributed by atoms with E-state index in [4.69, 9.17) is 0 Å². The van der Waals surface area contributed by atoms with Crippen molar-refractivity contribution in [1.29, 1.82) is 0 Å². The zero-order chi connectivity index (χ0) is 15.9. The Hall–Kier alpha value is -2.43. The normalized spacial score (nSPS) is 28.7. The van der Waals surface area contributed by atoms with Gasteiger partial charge in [0.05, 0.1) is 11.1 Å². The highest BCUT2D eigenvalue weighted by Gasteiger charge is 2.58. The summed E-state index contributed by atoms with van der Waals surface area (Å²) in [4.78, 5) is 11.5. The van der Waals surface area contributed by atoms with Gasteiger partial charge < -0.3 is 10.4 Å². The third-order valence-electron chi connectivity index (χ3n) is 5.42. The maximum atomic E-state index is 11.5. The summed E-state index contributed by atoms with van der Waals surface area (Å²) in [7, 11) is 0. The molecule has 1 aromatic heterocycles. The number of aliphatic carboxylic acids is 1. The molecule has 2 aliphatic rings. The van der Waals surface area contributed by atoms with Gasteiger partial charge in [-0.15, -0.1) is 10.2 Å². The molecule has 5 nitrogen and oxygen atoms in total. The van der Waals surface area contributed by atoms with Crippen molar-refractivity contribution in [2.45, 2.75) is 37.6 Å². The minimum atomic E-state index is -0.649. The molecule has 0 unspecified atom stereocenters. The second-order valence-electron chi connectivity index (χ2n) is 6.84. The van der Waals surface area contributed by atoms with E-state index < -0.39 is 11.4 Å². The van der Waals surface area contributed by atoms with Crippen molar-refractivity contribution in [2.75, 3.05) is 5.32 Å². The highest BCUT2D eigenvalue weighted by atomic mass is 16.4. The minimum Gasteiger partial charge on any atom is -0.481 e. The van der Waals surface area contributed by atoms with E-state index in [0.717, 1.165) is 42.8 Å². The molecule has 1 heterocycles. The van der Waals surface area contributed by atoms with Crippen molar-refractivity contribution < 1.29 is 9.90 Å². The van der Waals surface area contributed by atoms with E-state index in [2.05, 4.69) is 15.5 Å². The van der Waals surface area contributed by atoms with Gasteiger partial charge in [-0.3, -0.25) is 4.79 Å². The van der Waals surface area contributed by atoms with Gasteiger partial charge in [0.2, 0.25) is 0 Å². The second kappa shape index (κ2) is 5.05. The molecule has 5 heteroatoms. The number of carboxylic acid groups (broad SMARTS) is 1. The molecular formula is C18H19N3O2. The van der Waals surface area contributed by atoms with Crippen LogP contribution < -0.4 is 5.32 Å². The molecule has 2 fully saturated rings. The Bertz CT molecular complexity index is 720. The van der Waals surface area contributed by atoms with Gasteiger partial charge in [-0.2, -0.15) is 0 Å². The molecule has 1 aromatic carbocycles. The summed E-state index contributed by atoms with van der Waals surface area (Å²) in [6.07, 6.45) is 3.98. The quantitative estimate of drug-likeness (QED) is 0.906. The smallest absolute Gasteiger partial charge is 0.309 e. The van der Waals surface area contributed by atoms with Crippen LogP contribution in [0.3, 0.4) is 0 Å². The van der Waals surface area contributed by atoms with Gasteiger partial charge in [-0.25, -0.2) is 0 Å². The van der Waals surface area contributed by atoms with Crippen LogP contribution in [0.15, 0.2) is 42.5 Å². The Labute approximate surface area is 134 Å². The molecule has 0 saturated heterocycles. The number of carbonyl (C=O) groups is 1. The fourth-order valence-electron chi connectivity index (χ4n) is 4.10.